The number of carbonyl (C=O) groups is 1. The van der Waals surface area contributed by atoms with Crippen LogP contribution in [0, 0.1) is 11.6 Å². The number of ether oxygens (including phenoxy) is 1. The molecular weight excluding hydrogens is 370 g/mol. The van der Waals surface area contributed by atoms with Gasteiger partial charge >= 0.3 is 6.09 Å². The molecule has 0 saturated heterocycles. The van der Waals surface area contributed by atoms with Crippen LogP contribution in [0.15, 0.2) is 30.6 Å². The van der Waals surface area contributed by atoms with E-state index in [1.54, 1.807) is 20.8 Å². The average Bonchev–Trinajstić information content (AvgIpc) is 3.00. The number of nitrogen functional groups attached to an aromatic ring is 1. The molecule has 0 unspecified atom stereocenters. The molecule has 0 spiro atoms. The summed E-state index contributed by atoms with van der Waals surface area (Å²) in [5.41, 5.74) is 5.94. The number of halogens is 2. The summed E-state index contributed by atoms with van der Waals surface area (Å²) in [4.78, 5) is 20.6. The molecule has 0 saturated carbocycles. The van der Waals surface area contributed by atoms with Gasteiger partial charge in [-0.05, 0) is 44.9 Å². The molecule has 1 amide bonds. The zero-order chi connectivity index (χ0) is 20.5. The molecule has 2 aromatic heterocycles. The molecule has 8 nitrogen and oxygen atoms in total. The van der Waals surface area contributed by atoms with Gasteiger partial charge in [0.15, 0.2) is 0 Å². The monoisotopic (exact) mass is 390 g/mol. The molecule has 0 bridgehead atoms. The first-order chi connectivity index (χ1) is 13.1. The van der Waals surface area contributed by atoms with Gasteiger partial charge in [0.2, 0.25) is 0 Å². The van der Waals surface area contributed by atoms with Crippen LogP contribution < -0.4 is 11.1 Å². The zero-order valence-electron chi connectivity index (χ0n) is 15.6. The number of carbonyl (C=O) groups excluding carboxylic acids is 1. The Kier molecular flexibility index (Phi) is 5.12. The Balaban J connectivity index is 1.95. The second kappa shape index (κ2) is 7.37. The van der Waals surface area contributed by atoms with Crippen molar-refractivity contribution in [2.24, 2.45) is 0 Å². The predicted molar refractivity (Wildman–Crippen MR) is 97.4 cm³/mol. The molecule has 3 N–H and O–H groups in total. The van der Waals surface area contributed by atoms with Crippen molar-refractivity contribution in [3.05, 3.63) is 53.5 Å². The van der Waals surface area contributed by atoms with E-state index in [-0.39, 0.29) is 18.0 Å². The van der Waals surface area contributed by atoms with Crippen LogP contribution in [-0.2, 0) is 11.2 Å². The highest BCUT2D eigenvalue weighted by Crippen LogP contribution is 2.22. The van der Waals surface area contributed by atoms with Crippen LogP contribution in [0.2, 0.25) is 0 Å². The van der Waals surface area contributed by atoms with Crippen LogP contribution >= 0.6 is 0 Å². The van der Waals surface area contributed by atoms with E-state index in [0.717, 1.165) is 6.07 Å². The maximum Gasteiger partial charge on any atom is 0.408 e. The molecule has 0 fully saturated rings. The third kappa shape index (κ3) is 4.70. The topological polar surface area (TPSA) is 107 Å². The minimum absolute atomic E-state index is 0.0602. The number of nitrogens with zero attached hydrogens (tertiary/aromatic N) is 4. The fraction of sp³-hybridized carbons (Fsp3) is 0.333. The van der Waals surface area contributed by atoms with E-state index in [1.165, 1.54) is 29.0 Å². The standard InChI is InChI=1S/C18H20F2N6O2/c1-18(2,3)28-17(27)25-13(6-10-4-11(19)7-12(20)5-10)14-8-15(21)26-16(24-14)22-9-23-26/h4-5,7-9,13H,6,21H2,1-3H3,(H,25,27)/t13-/m0/s1. The lowest BCUT2D eigenvalue weighted by molar-refractivity contribution is 0.0502. The lowest BCUT2D eigenvalue weighted by Crippen LogP contribution is -2.36. The Morgan fingerprint density at radius 3 is 2.57 bits per heavy atom. The fourth-order valence-electron chi connectivity index (χ4n) is 2.68. The van der Waals surface area contributed by atoms with E-state index >= 15 is 0 Å². The van der Waals surface area contributed by atoms with Crippen molar-refractivity contribution in [1.82, 2.24) is 24.9 Å². The highest BCUT2D eigenvalue weighted by Gasteiger charge is 2.23. The summed E-state index contributed by atoms with van der Waals surface area (Å²) in [5.74, 6) is -0.951. The molecule has 0 aliphatic carbocycles. The van der Waals surface area contributed by atoms with Gasteiger partial charge in [0.1, 0.15) is 29.4 Å². The molecule has 1 aromatic carbocycles. The van der Waals surface area contributed by atoms with Gasteiger partial charge in [-0.2, -0.15) is 14.6 Å². The number of nitrogens with one attached hydrogen (secondary N) is 1. The number of hydrogen-bond donors (Lipinski definition) is 2. The lowest BCUT2D eigenvalue weighted by Gasteiger charge is -2.24. The zero-order valence-corrected chi connectivity index (χ0v) is 15.6. The van der Waals surface area contributed by atoms with Gasteiger partial charge in [0.25, 0.3) is 5.78 Å². The molecular formula is C18H20F2N6O2. The third-order valence-electron chi connectivity index (χ3n) is 3.71. The second-order valence-electron chi connectivity index (χ2n) is 7.26. The molecule has 10 heteroatoms. The van der Waals surface area contributed by atoms with Crippen molar-refractivity contribution in [3.63, 3.8) is 0 Å². The number of hydrogen-bond acceptors (Lipinski definition) is 6. The summed E-state index contributed by atoms with van der Waals surface area (Å²) in [6.07, 6.45) is 0.655. The normalized spacial score (nSPS) is 12.8. The molecule has 3 aromatic rings. The van der Waals surface area contributed by atoms with Gasteiger partial charge in [0.05, 0.1) is 11.7 Å². The summed E-state index contributed by atoms with van der Waals surface area (Å²) in [6.45, 7) is 5.17. The Morgan fingerprint density at radius 2 is 1.93 bits per heavy atom. The summed E-state index contributed by atoms with van der Waals surface area (Å²) >= 11 is 0. The number of aromatic nitrogens is 4. The summed E-state index contributed by atoms with van der Waals surface area (Å²) < 4.78 is 33.8. The number of alkyl carbamates (subject to hydrolysis) is 1. The van der Waals surface area contributed by atoms with Crippen molar-refractivity contribution in [2.75, 3.05) is 5.73 Å². The number of rotatable bonds is 4. The second-order valence-corrected chi connectivity index (χ2v) is 7.26. The van der Waals surface area contributed by atoms with Crippen molar-refractivity contribution in [3.8, 4) is 0 Å². The van der Waals surface area contributed by atoms with E-state index < -0.39 is 29.4 Å². The predicted octanol–water partition coefficient (Wildman–Crippen LogP) is 2.79. The van der Waals surface area contributed by atoms with Gasteiger partial charge in [0, 0.05) is 12.1 Å². The van der Waals surface area contributed by atoms with E-state index in [4.69, 9.17) is 10.5 Å². The highest BCUT2D eigenvalue weighted by atomic mass is 19.1. The molecule has 0 aliphatic heterocycles. The summed E-state index contributed by atoms with van der Waals surface area (Å²) in [7, 11) is 0. The SMILES string of the molecule is CC(C)(C)OC(=O)N[C@@H](Cc1cc(F)cc(F)c1)c1cc(N)n2ncnc2n1. The Hall–Kier alpha value is -3.30. The van der Waals surface area contributed by atoms with Crippen LogP contribution in [0.25, 0.3) is 5.78 Å². The van der Waals surface area contributed by atoms with Crippen LogP contribution in [0.3, 0.4) is 0 Å². The minimum atomic E-state index is -0.764. The van der Waals surface area contributed by atoms with Crippen molar-refractivity contribution < 1.29 is 18.3 Å². The van der Waals surface area contributed by atoms with E-state index in [1.807, 2.05) is 0 Å². The van der Waals surface area contributed by atoms with Gasteiger partial charge < -0.3 is 15.8 Å². The first kappa shape index (κ1) is 19.5. The van der Waals surface area contributed by atoms with Crippen LogP contribution in [0.5, 0.6) is 0 Å². The maximum atomic E-state index is 13.6. The molecule has 28 heavy (non-hydrogen) atoms. The molecule has 148 valence electrons. The van der Waals surface area contributed by atoms with E-state index in [0.29, 0.717) is 11.3 Å². The van der Waals surface area contributed by atoms with Gasteiger partial charge in [-0.15, -0.1) is 0 Å². The summed E-state index contributed by atoms with van der Waals surface area (Å²) in [5, 5.41) is 6.62. The molecule has 3 rings (SSSR count). The first-order valence-corrected chi connectivity index (χ1v) is 8.51. The number of anilines is 1. The maximum absolute atomic E-state index is 13.6. The molecule has 0 radical (unpaired) electrons. The number of nitrogens with two attached hydrogens (primary N) is 1. The van der Waals surface area contributed by atoms with Crippen LogP contribution in [0.1, 0.15) is 38.1 Å². The van der Waals surface area contributed by atoms with Crippen molar-refractivity contribution in [2.45, 2.75) is 38.8 Å². The van der Waals surface area contributed by atoms with E-state index in [9.17, 15) is 13.6 Å². The van der Waals surface area contributed by atoms with Gasteiger partial charge in [-0.1, -0.05) is 0 Å². The Labute approximate surface area is 159 Å². The quantitative estimate of drug-likeness (QED) is 0.709. The fourth-order valence-corrected chi connectivity index (χ4v) is 2.68. The van der Waals surface area contributed by atoms with E-state index in [2.05, 4.69) is 20.4 Å². The number of fused-ring (bicyclic) bond motifs is 1. The Morgan fingerprint density at radius 1 is 1.25 bits per heavy atom. The third-order valence-corrected chi connectivity index (χ3v) is 3.71. The average molecular weight is 390 g/mol. The number of amides is 1. The van der Waals surface area contributed by atoms with Crippen molar-refractivity contribution >= 4 is 17.7 Å². The molecule has 2 heterocycles. The number of benzene rings is 1. The molecule has 0 aliphatic rings. The van der Waals surface area contributed by atoms with Crippen LogP contribution in [0.4, 0.5) is 19.4 Å². The highest BCUT2D eigenvalue weighted by molar-refractivity contribution is 5.68. The van der Waals surface area contributed by atoms with Crippen molar-refractivity contribution in [1.29, 1.82) is 0 Å². The smallest absolute Gasteiger partial charge is 0.408 e. The Bertz CT molecular complexity index is 995. The lowest BCUT2D eigenvalue weighted by atomic mass is 10.0. The van der Waals surface area contributed by atoms with Gasteiger partial charge in [-0.25, -0.2) is 18.6 Å². The van der Waals surface area contributed by atoms with Crippen LogP contribution in [-0.4, -0.2) is 31.3 Å². The first-order valence-electron chi connectivity index (χ1n) is 8.51. The minimum Gasteiger partial charge on any atom is -0.444 e. The van der Waals surface area contributed by atoms with Gasteiger partial charge in [-0.3, -0.25) is 0 Å². The molecule has 1 atom stereocenters. The summed E-state index contributed by atoms with van der Waals surface area (Å²) in [6, 6.07) is 3.90. The largest absolute Gasteiger partial charge is 0.444 e.